The number of nitrogens with zero attached hydrogens (tertiary/aromatic N) is 1. The Morgan fingerprint density at radius 3 is 1.93 bits per heavy atom. The molecule has 86 valence electrons. The van der Waals surface area contributed by atoms with E-state index in [9.17, 15) is 5.11 Å². The fourth-order valence-corrected chi connectivity index (χ4v) is 2.18. The van der Waals surface area contributed by atoms with Gasteiger partial charge in [0, 0.05) is 14.2 Å². The van der Waals surface area contributed by atoms with Gasteiger partial charge in [-0.25, -0.2) is 0 Å². The Balaban J connectivity index is 0. The summed E-state index contributed by atoms with van der Waals surface area (Å²) in [7, 11) is 0.982. The van der Waals surface area contributed by atoms with Gasteiger partial charge >= 0.3 is 19.0 Å². The van der Waals surface area contributed by atoms with Gasteiger partial charge in [-0.05, 0) is 13.0 Å². The molecule has 0 bridgehead atoms. The summed E-state index contributed by atoms with van der Waals surface area (Å²) >= 11 is 0. The number of hydrogen-bond donors (Lipinski definition) is 1. The molecule has 0 aliphatic heterocycles. The maximum absolute atomic E-state index is 9.39. The van der Waals surface area contributed by atoms with Crippen molar-refractivity contribution in [2.75, 3.05) is 14.2 Å². The van der Waals surface area contributed by atoms with Crippen LogP contribution in [0.25, 0.3) is 0 Å². The van der Waals surface area contributed by atoms with Crippen LogP contribution >= 0.6 is 0 Å². The second-order valence-electron chi connectivity index (χ2n) is 2.79. The van der Waals surface area contributed by atoms with E-state index in [1.807, 2.05) is 13.5 Å². The summed E-state index contributed by atoms with van der Waals surface area (Å²) in [6.45, 7) is 3.76. The zero-order valence-corrected chi connectivity index (χ0v) is 12.3. The monoisotopic (exact) mass is 241 g/mol. The fraction of sp³-hybridized carbons (Fsp3) is 1.00. The number of nitro groups is 1. The van der Waals surface area contributed by atoms with Crippen molar-refractivity contribution in [3.8, 4) is 0 Å². The number of hydrogen-bond acceptors (Lipinski definition) is 5. The summed E-state index contributed by atoms with van der Waals surface area (Å²) in [5.41, 5.74) is -0.428. The first-order chi connectivity index (χ1) is 6.33. The molecular weight excluding hydrogens is 222 g/mol. The minimum atomic E-state index is -2.25. The molecule has 0 aliphatic carbocycles. The zero-order valence-electron chi connectivity index (χ0n) is 9.31. The van der Waals surface area contributed by atoms with E-state index in [1.54, 1.807) is 14.2 Å². The lowest BCUT2D eigenvalue weighted by Gasteiger charge is -2.26. The molecule has 1 unspecified atom stereocenters. The summed E-state index contributed by atoms with van der Waals surface area (Å²) in [5.74, 6) is 0. The molecule has 0 aromatic heterocycles. The van der Waals surface area contributed by atoms with Crippen molar-refractivity contribution in [2.24, 2.45) is 0 Å². The van der Waals surface area contributed by atoms with E-state index in [2.05, 4.69) is 0 Å². The molecule has 1 atom stereocenters. The van der Waals surface area contributed by atoms with E-state index in [0.717, 1.165) is 0 Å². The quantitative estimate of drug-likeness (QED) is 0.396. The molecule has 0 amide bonds. The van der Waals surface area contributed by atoms with Crippen LogP contribution in [0.5, 0.6) is 0 Å². The molecule has 0 aromatic carbocycles. The first-order valence-corrected chi connectivity index (χ1v) is 7.49. The molecule has 0 heterocycles. The number of aliphatic hydroxyl groups is 1. The third kappa shape index (κ3) is 7.15. The molecule has 0 aromatic rings. The molecule has 0 radical (unpaired) electrons. The van der Waals surface area contributed by atoms with Crippen molar-refractivity contribution in [2.45, 2.75) is 25.6 Å². The van der Waals surface area contributed by atoms with Crippen molar-refractivity contribution < 1.29 is 18.5 Å². The van der Waals surface area contributed by atoms with Gasteiger partial charge in [-0.3, -0.25) is 10.1 Å². The standard InChI is InChI=1S/C6H16O3Si.H3NO2Si/c1-5-6(7)10(4,8-2)9-3;2-1(3)4/h6-7H,5H2,1-4H3;4H3. The van der Waals surface area contributed by atoms with Gasteiger partial charge < -0.3 is 14.0 Å². The largest absolute Gasteiger partial charge is 0.396 e. The predicted octanol–water partition coefficient (Wildman–Crippen LogP) is -0.795. The third-order valence-electron chi connectivity index (χ3n) is 1.80. The molecule has 0 spiro atoms. The van der Waals surface area contributed by atoms with Crippen LogP contribution in [0.1, 0.15) is 13.3 Å². The lowest BCUT2D eigenvalue weighted by Crippen LogP contribution is -2.48. The van der Waals surface area contributed by atoms with E-state index in [4.69, 9.17) is 19.0 Å². The highest BCUT2D eigenvalue weighted by Gasteiger charge is 2.36. The lowest BCUT2D eigenvalue weighted by molar-refractivity contribution is -0.312. The van der Waals surface area contributed by atoms with Crippen molar-refractivity contribution in [1.82, 2.24) is 0 Å². The molecule has 0 fully saturated rings. The second kappa shape index (κ2) is 8.06. The minimum absolute atomic E-state index is 0.0710. The molecular formula is C6H19NO5Si2. The van der Waals surface area contributed by atoms with Gasteiger partial charge in [-0.1, -0.05) is 11.5 Å². The number of aliphatic hydroxyl groups excluding tert-OH is 1. The molecule has 0 rings (SSSR count). The Morgan fingerprint density at radius 2 is 1.86 bits per heavy atom. The van der Waals surface area contributed by atoms with E-state index >= 15 is 0 Å². The second-order valence-corrected chi connectivity index (χ2v) is 7.03. The topological polar surface area (TPSA) is 81.8 Å². The Hall–Kier alpha value is -0.286. The van der Waals surface area contributed by atoms with E-state index in [-0.39, 0.29) is 15.0 Å². The van der Waals surface area contributed by atoms with Gasteiger partial charge in [-0.2, -0.15) is 0 Å². The Labute approximate surface area is 88.1 Å². The van der Waals surface area contributed by atoms with Crippen LogP contribution in [0, 0.1) is 10.1 Å². The van der Waals surface area contributed by atoms with Crippen LogP contribution in [-0.4, -0.2) is 48.6 Å². The van der Waals surface area contributed by atoms with Crippen LogP contribution < -0.4 is 0 Å². The SMILES string of the molecule is CCC(O)[Si](C)(OC)OC.O=[N+]([O-])[SiH3]. The number of rotatable bonds is 4. The van der Waals surface area contributed by atoms with E-state index < -0.39 is 14.3 Å². The molecule has 14 heavy (non-hydrogen) atoms. The minimum Gasteiger partial charge on any atom is -0.396 e. The van der Waals surface area contributed by atoms with E-state index in [0.29, 0.717) is 6.42 Å². The predicted molar refractivity (Wildman–Crippen MR) is 58.9 cm³/mol. The molecule has 6 nitrogen and oxygen atoms in total. The third-order valence-corrected chi connectivity index (χ3v) is 5.04. The summed E-state index contributed by atoms with van der Waals surface area (Å²) in [4.78, 5) is 8.87. The molecule has 0 saturated heterocycles. The van der Waals surface area contributed by atoms with Crippen LogP contribution in [0.2, 0.25) is 6.55 Å². The van der Waals surface area contributed by atoms with Gasteiger partial charge in [-0.15, -0.1) is 0 Å². The van der Waals surface area contributed by atoms with Gasteiger partial charge in [0.05, 0.1) is 5.73 Å². The normalized spacial score (nSPS) is 12.9. The van der Waals surface area contributed by atoms with Gasteiger partial charge in [0.2, 0.25) is 0 Å². The average Bonchev–Trinajstić information content (AvgIpc) is 2.14. The Kier molecular flexibility index (Phi) is 9.30. The Bertz CT molecular complexity index is 160. The maximum Gasteiger partial charge on any atom is 0.384 e. The van der Waals surface area contributed by atoms with Gasteiger partial charge in [0.25, 0.3) is 0 Å². The highest BCUT2D eigenvalue weighted by atomic mass is 28.4. The summed E-state index contributed by atoms with van der Waals surface area (Å²) in [6.07, 6.45) is 0.685. The smallest absolute Gasteiger partial charge is 0.384 e. The van der Waals surface area contributed by atoms with Crippen LogP contribution in [0.3, 0.4) is 0 Å². The fourth-order valence-electron chi connectivity index (χ4n) is 0.726. The van der Waals surface area contributed by atoms with Gasteiger partial charge in [0.1, 0.15) is 0 Å². The van der Waals surface area contributed by atoms with Gasteiger partial charge in [0.15, 0.2) is 0 Å². The molecule has 0 aliphatic rings. The average molecular weight is 241 g/mol. The Morgan fingerprint density at radius 1 is 1.57 bits per heavy atom. The first kappa shape index (κ1) is 16.2. The van der Waals surface area contributed by atoms with Crippen molar-refractivity contribution in [3.05, 3.63) is 10.1 Å². The molecule has 8 heteroatoms. The van der Waals surface area contributed by atoms with Crippen LogP contribution in [0.4, 0.5) is 0 Å². The van der Waals surface area contributed by atoms with Crippen LogP contribution in [0.15, 0.2) is 0 Å². The summed E-state index contributed by atoms with van der Waals surface area (Å²) < 4.78 is 9.85. The lowest BCUT2D eigenvalue weighted by atomic mass is 10.5. The summed E-state index contributed by atoms with van der Waals surface area (Å²) in [5, 5.41) is 18.3. The first-order valence-electron chi connectivity index (χ1n) is 4.20. The van der Waals surface area contributed by atoms with Crippen molar-refractivity contribution >= 4 is 19.0 Å². The maximum atomic E-state index is 9.39. The summed E-state index contributed by atoms with van der Waals surface area (Å²) in [6, 6.07) is 0. The highest BCUT2D eigenvalue weighted by molar-refractivity contribution is 6.67. The highest BCUT2D eigenvalue weighted by Crippen LogP contribution is 2.12. The van der Waals surface area contributed by atoms with Crippen LogP contribution in [-0.2, 0) is 8.85 Å². The molecule has 0 saturated carbocycles. The van der Waals surface area contributed by atoms with E-state index in [1.165, 1.54) is 0 Å². The van der Waals surface area contributed by atoms with Crippen molar-refractivity contribution in [3.63, 3.8) is 0 Å². The van der Waals surface area contributed by atoms with Crippen molar-refractivity contribution in [1.29, 1.82) is 0 Å². The molecule has 1 N–H and O–H groups in total. The zero-order chi connectivity index (χ0) is 11.8.